The molecule has 1 atom stereocenters. The number of alkyl carbamates (subject to hydrolysis) is 1. The van der Waals surface area contributed by atoms with Crippen LogP contribution in [-0.2, 0) is 17.7 Å². The molecule has 88 valence electrons. The standard InChI is InChI=1S/C9H15N5O2/c10-3-1-2-7-5-14(13-12-7)6-8-4-11-9(15)16-8/h5,8H,1-4,6,10H2,(H,11,15). The summed E-state index contributed by atoms with van der Waals surface area (Å²) in [4.78, 5) is 10.8. The van der Waals surface area contributed by atoms with Crippen LogP contribution < -0.4 is 11.1 Å². The first-order chi connectivity index (χ1) is 7.78. The Labute approximate surface area is 92.9 Å². The quantitative estimate of drug-likeness (QED) is 0.689. The fourth-order valence-corrected chi connectivity index (χ4v) is 1.57. The van der Waals surface area contributed by atoms with Crippen molar-refractivity contribution in [3.63, 3.8) is 0 Å². The van der Waals surface area contributed by atoms with Gasteiger partial charge in [-0.3, -0.25) is 0 Å². The molecule has 1 aliphatic rings. The lowest BCUT2D eigenvalue weighted by Gasteiger charge is -2.05. The van der Waals surface area contributed by atoms with Crippen LogP contribution in [0.25, 0.3) is 0 Å². The van der Waals surface area contributed by atoms with Crippen LogP contribution in [0.2, 0.25) is 0 Å². The Morgan fingerprint density at radius 2 is 2.56 bits per heavy atom. The molecule has 2 rings (SSSR count). The molecule has 0 saturated carbocycles. The van der Waals surface area contributed by atoms with Crippen LogP contribution in [0.5, 0.6) is 0 Å². The number of aromatic nitrogens is 3. The topological polar surface area (TPSA) is 95.1 Å². The number of carbonyl (C=O) groups is 1. The lowest BCUT2D eigenvalue weighted by molar-refractivity contribution is 0.128. The van der Waals surface area contributed by atoms with E-state index in [9.17, 15) is 4.79 Å². The van der Waals surface area contributed by atoms with Crippen LogP contribution in [0.4, 0.5) is 4.79 Å². The predicted molar refractivity (Wildman–Crippen MR) is 55.7 cm³/mol. The smallest absolute Gasteiger partial charge is 0.407 e. The first-order valence-corrected chi connectivity index (χ1v) is 5.31. The molecule has 7 heteroatoms. The average Bonchev–Trinajstić information content (AvgIpc) is 2.86. The maximum absolute atomic E-state index is 10.8. The number of amides is 1. The fraction of sp³-hybridized carbons (Fsp3) is 0.667. The minimum absolute atomic E-state index is 0.156. The van der Waals surface area contributed by atoms with Gasteiger partial charge in [0, 0.05) is 6.20 Å². The van der Waals surface area contributed by atoms with Crippen molar-refractivity contribution in [1.82, 2.24) is 20.3 Å². The summed E-state index contributed by atoms with van der Waals surface area (Å²) in [6.45, 7) is 1.71. The third-order valence-corrected chi connectivity index (χ3v) is 2.36. The molecule has 1 unspecified atom stereocenters. The highest BCUT2D eigenvalue weighted by Crippen LogP contribution is 2.04. The molecule has 1 aliphatic heterocycles. The molecule has 0 radical (unpaired) electrons. The summed E-state index contributed by atoms with van der Waals surface area (Å²) in [7, 11) is 0. The Morgan fingerprint density at radius 1 is 1.69 bits per heavy atom. The Hall–Kier alpha value is -1.63. The molecule has 1 amide bonds. The second kappa shape index (κ2) is 4.93. The van der Waals surface area contributed by atoms with Gasteiger partial charge in [0.2, 0.25) is 0 Å². The van der Waals surface area contributed by atoms with Gasteiger partial charge in [-0.1, -0.05) is 5.21 Å². The van der Waals surface area contributed by atoms with Crippen molar-refractivity contribution in [1.29, 1.82) is 0 Å². The maximum atomic E-state index is 10.8. The molecule has 0 aliphatic carbocycles. The summed E-state index contributed by atoms with van der Waals surface area (Å²) in [6, 6.07) is 0. The van der Waals surface area contributed by atoms with E-state index >= 15 is 0 Å². The van der Waals surface area contributed by atoms with E-state index in [2.05, 4.69) is 15.6 Å². The van der Waals surface area contributed by atoms with E-state index < -0.39 is 0 Å². The van der Waals surface area contributed by atoms with Gasteiger partial charge in [0.15, 0.2) is 0 Å². The lowest BCUT2D eigenvalue weighted by atomic mass is 10.2. The fourth-order valence-electron chi connectivity index (χ4n) is 1.57. The summed E-state index contributed by atoms with van der Waals surface area (Å²) >= 11 is 0. The van der Waals surface area contributed by atoms with E-state index in [0.29, 0.717) is 19.6 Å². The highest BCUT2D eigenvalue weighted by Gasteiger charge is 2.23. The number of hydrogen-bond acceptors (Lipinski definition) is 5. The maximum Gasteiger partial charge on any atom is 0.407 e. The van der Waals surface area contributed by atoms with Gasteiger partial charge < -0.3 is 15.8 Å². The van der Waals surface area contributed by atoms with Gasteiger partial charge in [0.25, 0.3) is 0 Å². The molecule has 1 saturated heterocycles. The van der Waals surface area contributed by atoms with Crippen LogP contribution in [0, 0.1) is 0 Å². The summed E-state index contributed by atoms with van der Waals surface area (Å²) in [5, 5.41) is 10.6. The Morgan fingerprint density at radius 3 is 3.25 bits per heavy atom. The monoisotopic (exact) mass is 225 g/mol. The highest BCUT2D eigenvalue weighted by atomic mass is 16.6. The van der Waals surface area contributed by atoms with E-state index in [0.717, 1.165) is 18.5 Å². The molecule has 7 nitrogen and oxygen atoms in total. The van der Waals surface area contributed by atoms with Gasteiger partial charge in [-0.15, -0.1) is 5.10 Å². The molecule has 0 aromatic carbocycles. The number of nitrogens with one attached hydrogen (secondary N) is 1. The number of cyclic esters (lactones) is 1. The Balaban J connectivity index is 1.85. The van der Waals surface area contributed by atoms with E-state index in [1.165, 1.54) is 0 Å². The minimum Gasteiger partial charge on any atom is -0.442 e. The number of hydrogen-bond donors (Lipinski definition) is 2. The SMILES string of the molecule is NCCCc1cn(CC2CNC(=O)O2)nn1. The number of nitrogens with zero attached hydrogens (tertiary/aromatic N) is 3. The van der Waals surface area contributed by atoms with Crippen LogP contribution in [0.1, 0.15) is 12.1 Å². The predicted octanol–water partition coefficient (Wildman–Crippen LogP) is -0.722. The first-order valence-electron chi connectivity index (χ1n) is 5.31. The van der Waals surface area contributed by atoms with Crippen molar-refractivity contribution < 1.29 is 9.53 Å². The molecule has 1 aromatic rings. The average molecular weight is 225 g/mol. The molecule has 1 aromatic heterocycles. The second-order valence-electron chi connectivity index (χ2n) is 3.73. The number of ether oxygens (including phenoxy) is 1. The third kappa shape index (κ3) is 2.69. The number of rotatable bonds is 5. The summed E-state index contributed by atoms with van der Waals surface area (Å²) < 4.78 is 6.69. The molecular weight excluding hydrogens is 210 g/mol. The summed E-state index contributed by atoms with van der Waals surface area (Å²) in [6.07, 6.45) is 3.07. The molecule has 0 bridgehead atoms. The van der Waals surface area contributed by atoms with Crippen molar-refractivity contribution in [2.24, 2.45) is 5.73 Å². The van der Waals surface area contributed by atoms with Gasteiger partial charge in [0.05, 0.1) is 18.8 Å². The van der Waals surface area contributed by atoms with Crippen LogP contribution in [0.15, 0.2) is 6.20 Å². The largest absolute Gasteiger partial charge is 0.442 e. The number of carbonyl (C=O) groups excluding carboxylic acids is 1. The van der Waals surface area contributed by atoms with Gasteiger partial charge in [0.1, 0.15) is 6.10 Å². The van der Waals surface area contributed by atoms with Crippen molar-refractivity contribution in [2.75, 3.05) is 13.1 Å². The molecular formula is C9H15N5O2. The molecule has 3 N–H and O–H groups in total. The zero-order valence-corrected chi connectivity index (χ0v) is 8.93. The van der Waals surface area contributed by atoms with Crippen molar-refractivity contribution in [3.8, 4) is 0 Å². The highest BCUT2D eigenvalue weighted by molar-refractivity contribution is 5.69. The van der Waals surface area contributed by atoms with Crippen LogP contribution >= 0.6 is 0 Å². The van der Waals surface area contributed by atoms with Crippen molar-refractivity contribution in [3.05, 3.63) is 11.9 Å². The molecule has 1 fully saturated rings. The van der Waals surface area contributed by atoms with E-state index in [4.69, 9.17) is 10.5 Å². The zero-order valence-electron chi connectivity index (χ0n) is 8.93. The van der Waals surface area contributed by atoms with E-state index in [-0.39, 0.29) is 12.2 Å². The van der Waals surface area contributed by atoms with E-state index in [1.807, 2.05) is 6.20 Å². The van der Waals surface area contributed by atoms with E-state index in [1.54, 1.807) is 4.68 Å². The van der Waals surface area contributed by atoms with Gasteiger partial charge in [-0.2, -0.15) is 0 Å². The summed E-state index contributed by atoms with van der Waals surface area (Å²) in [5.41, 5.74) is 6.33. The molecule has 0 spiro atoms. The molecule has 2 heterocycles. The first kappa shape index (κ1) is 10.9. The summed E-state index contributed by atoms with van der Waals surface area (Å²) in [5.74, 6) is 0. The lowest BCUT2D eigenvalue weighted by Crippen LogP contribution is -2.20. The number of aryl methyl sites for hydroxylation is 1. The molecule has 16 heavy (non-hydrogen) atoms. The van der Waals surface area contributed by atoms with Gasteiger partial charge in [-0.25, -0.2) is 9.48 Å². The number of nitrogens with two attached hydrogens (primary N) is 1. The van der Waals surface area contributed by atoms with Crippen LogP contribution in [0.3, 0.4) is 0 Å². The van der Waals surface area contributed by atoms with Gasteiger partial charge >= 0.3 is 6.09 Å². The third-order valence-electron chi connectivity index (χ3n) is 2.36. The minimum atomic E-state index is -0.367. The van der Waals surface area contributed by atoms with Gasteiger partial charge in [-0.05, 0) is 19.4 Å². The van der Waals surface area contributed by atoms with Crippen molar-refractivity contribution >= 4 is 6.09 Å². The second-order valence-corrected chi connectivity index (χ2v) is 3.73. The Kier molecular flexibility index (Phi) is 3.35. The normalized spacial score (nSPS) is 19.6. The Bertz CT molecular complexity index is 365. The van der Waals surface area contributed by atoms with Crippen LogP contribution in [-0.4, -0.2) is 40.3 Å². The zero-order chi connectivity index (χ0) is 11.4. The van der Waals surface area contributed by atoms with Crippen molar-refractivity contribution in [2.45, 2.75) is 25.5 Å².